The Morgan fingerprint density at radius 3 is 2.87 bits per heavy atom. The van der Waals surface area contributed by atoms with Gasteiger partial charge in [0, 0.05) is 22.0 Å². The average molecular weight is 350 g/mol. The second kappa shape index (κ2) is 6.68. The van der Waals surface area contributed by atoms with Crippen LogP contribution in [0.2, 0.25) is 5.02 Å². The van der Waals surface area contributed by atoms with Crippen molar-refractivity contribution in [1.29, 1.82) is 0 Å². The van der Waals surface area contributed by atoms with Crippen LogP contribution in [0, 0.1) is 12.8 Å². The zero-order valence-corrected chi connectivity index (χ0v) is 14.1. The van der Waals surface area contributed by atoms with Crippen molar-refractivity contribution in [3.05, 3.63) is 39.9 Å². The molecule has 5 nitrogen and oxygen atoms in total. The summed E-state index contributed by atoms with van der Waals surface area (Å²) in [6.45, 7) is 1.85. The normalized spacial score (nSPS) is 13.7. The molecule has 2 amide bonds. The third-order valence-electron chi connectivity index (χ3n) is 3.61. The van der Waals surface area contributed by atoms with Crippen LogP contribution in [0.4, 0.5) is 10.8 Å². The number of benzene rings is 1. The minimum Gasteiger partial charge on any atom is -0.325 e. The second-order valence-electron chi connectivity index (χ2n) is 5.54. The highest BCUT2D eigenvalue weighted by molar-refractivity contribution is 7.13. The summed E-state index contributed by atoms with van der Waals surface area (Å²) in [5.41, 5.74) is 2.16. The number of anilines is 2. The molecule has 1 aliphatic rings. The van der Waals surface area contributed by atoms with Crippen LogP contribution in [0.3, 0.4) is 0 Å². The summed E-state index contributed by atoms with van der Waals surface area (Å²) in [6, 6.07) is 5.38. The maximum atomic E-state index is 12.1. The number of hydrogen-bond donors (Lipinski definition) is 2. The van der Waals surface area contributed by atoms with Gasteiger partial charge >= 0.3 is 0 Å². The van der Waals surface area contributed by atoms with Gasteiger partial charge in [-0.3, -0.25) is 9.59 Å². The van der Waals surface area contributed by atoms with E-state index in [-0.39, 0.29) is 24.2 Å². The first-order valence-electron chi connectivity index (χ1n) is 7.33. The number of thiazole rings is 1. The third kappa shape index (κ3) is 4.09. The molecule has 0 spiro atoms. The Kier molecular flexibility index (Phi) is 4.63. The SMILES string of the molecule is Cc1c(Cl)cccc1NC(=O)Cc1csc(NC(=O)C2CC2)n1. The molecule has 0 radical (unpaired) electrons. The van der Waals surface area contributed by atoms with Crippen LogP contribution < -0.4 is 10.6 Å². The van der Waals surface area contributed by atoms with Gasteiger partial charge in [-0.05, 0) is 37.5 Å². The molecule has 0 atom stereocenters. The predicted octanol–water partition coefficient (Wildman–Crippen LogP) is 3.63. The quantitative estimate of drug-likeness (QED) is 0.865. The third-order valence-corrected chi connectivity index (χ3v) is 4.83. The molecule has 2 aromatic rings. The number of hydrogen-bond acceptors (Lipinski definition) is 4. The fraction of sp³-hybridized carbons (Fsp3) is 0.312. The lowest BCUT2D eigenvalue weighted by Crippen LogP contribution is -2.16. The summed E-state index contributed by atoms with van der Waals surface area (Å²) < 4.78 is 0. The molecule has 1 heterocycles. The number of nitrogens with one attached hydrogen (secondary N) is 2. The molecule has 23 heavy (non-hydrogen) atoms. The van der Waals surface area contributed by atoms with Crippen LogP contribution in [-0.4, -0.2) is 16.8 Å². The van der Waals surface area contributed by atoms with E-state index in [1.54, 1.807) is 23.6 Å². The van der Waals surface area contributed by atoms with E-state index < -0.39 is 0 Å². The van der Waals surface area contributed by atoms with Gasteiger partial charge in [0.05, 0.1) is 12.1 Å². The molecule has 1 fully saturated rings. The lowest BCUT2D eigenvalue weighted by Gasteiger charge is -2.08. The fourth-order valence-corrected chi connectivity index (χ4v) is 2.99. The molecule has 1 aromatic heterocycles. The van der Waals surface area contributed by atoms with Gasteiger partial charge in [0.2, 0.25) is 11.8 Å². The zero-order valence-electron chi connectivity index (χ0n) is 12.6. The number of carbonyl (C=O) groups excluding carboxylic acids is 2. The maximum absolute atomic E-state index is 12.1. The monoisotopic (exact) mass is 349 g/mol. The summed E-state index contributed by atoms with van der Waals surface area (Å²) in [5.74, 6) is -0.0120. The lowest BCUT2D eigenvalue weighted by molar-refractivity contribution is -0.117. The molecule has 0 bridgehead atoms. The van der Waals surface area contributed by atoms with E-state index in [2.05, 4.69) is 15.6 Å². The first-order chi connectivity index (χ1) is 11.0. The van der Waals surface area contributed by atoms with E-state index in [0.717, 1.165) is 18.4 Å². The summed E-state index contributed by atoms with van der Waals surface area (Å²) >= 11 is 7.37. The maximum Gasteiger partial charge on any atom is 0.230 e. The molecule has 120 valence electrons. The van der Waals surface area contributed by atoms with Gasteiger partial charge in [-0.2, -0.15) is 0 Å². The second-order valence-corrected chi connectivity index (χ2v) is 6.81. The lowest BCUT2D eigenvalue weighted by atomic mass is 10.2. The van der Waals surface area contributed by atoms with E-state index >= 15 is 0 Å². The van der Waals surface area contributed by atoms with Crippen LogP contribution in [0.5, 0.6) is 0 Å². The highest BCUT2D eigenvalue weighted by atomic mass is 35.5. The Labute approximate surface area is 143 Å². The van der Waals surface area contributed by atoms with E-state index in [4.69, 9.17) is 11.6 Å². The zero-order chi connectivity index (χ0) is 16.4. The average Bonchev–Trinajstić information content (AvgIpc) is 3.27. The first-order valence-corrected chi connectivity index (χ1v) is 8.59. The fourth-order valence-electron chi connectivity index (χ4n) is 2.10. The molecule has 0 aliphatic heterocycles. The van der Waals surface area contributed by atoms with Gasteiger partial charge in [0.15, 0.2) is 5.13 Å². The van der Waals surface area contributed by atoms with E-state index in [1.165, 1.54) is 11.3 Å². The van der Waals surface area contributed by atoms with Crippen molar-refractivity contribution >= 4 is 45.6 Å². The van der Waals surface area contributed by atoms with Gasteiger partial charge < -0.3 is 10.6 Å². The van der Waals surface area contributed by atoms with Gasteiger partial charge in [-0.1, -0.05) is 17.7 Å². The summed E-state index contributed by atoms with van der Waals surface area (Å²) in [4.78, 5) is 28.1. The van der Waals surface area contributed by atoms with Gasteiger partial charge in [0.1, 0.15) is 0 Å². The number of carbonyl (C=O) groups is 2. The highest BCUT2D eigenvalue weighted by Crippen LogP contribution is 2.30. The molecule has 7 heteroatoms. The molecule has 1 aliphatic carbocycles. The van der Waals surface area contributed by atoms with Crippen molar-refractivity contribution in [1.82, 2.24) is 4.98 Å². The number of amides is 2. The number of nitrogens with zero attached hydrogens (tertiary/aromatic N) is 1. The molecular weight excluding hydrogens is 334 g/mol. The van der Waals surface area contributed by atoms with Gasteiger partial charge in [-0.15, -0.1) is 11.3 Å². The molecule has 1 aromatic carbocycles. The predicted molar refractivity (Wildman–Crippen MR) is 92.0 cm³/mol. The Balaban J connectivity index is 1.58. The Morgan fingerprint density at radius 2 is 2.13 bits per heavy atom. The summed E-state index contributed by atoms with van der Waals surface area (Å²) in [6.07, 6.45) is 2.05. The van der Waals surface area contributed by atoms with Crippen molar-refractivity contribution < 1.29 is 9.59 Å². The molecule has 1 saturated carbocycles. The van der Waals surface area contributed by atoms with Crippen LogP contribution in [0.15, 0.2) is 23.6 Å². The van der Waals surface area contributed by atoms with E-state index in [9.17, 15) is 9.59 Å². The van der Waals surface area contributed by atoms with Crippen LogP contribution in [-0.2, 0) is 16.0 Å². The molecule has 3 rings (SSSR count). The Morgan fingerprint density at radius 1 is 1.35 bits per heavy atom. The van der Waals surface area contributed by atoms with Gasteiger partial charge in [0.25, 0.3) is 0 Å². The first kappa shape index (κ1) is 16.0. The molecule has 2 N–H and O–H groups in total. The van der Waals surface area contributed by atoms with Crippen LogP contribution in [0.1, 0.15) is 24.1 Å². The van der Waals surface area contributed by atoms with Gasteiger partial charge in [-0.25, -0.2) is 4.98 Å². The minimum absolute atomic E-state index is 0.0184. The van der Waals surface area contributed by atoms with Crippen molar-refractivity contribution in [3.8, 4) is 0 Å². The van der Waals surface area contributed by atoms with Crippen molar-refractivity contribution in [2.75, 3.05) is 10.6 Å². The molecule has 0 unspecified atom stereocenters. The molecule has 0 saturated heterocycles. The smallest absolute Gasteiger partial charge is 0.230 e. The van der Waals surface area contributed by atoms with E-state index in [1.807, 2.05) is 6.92 Å². The minimum atomic E-state index is -0.166. The van der Waals surface area contributed by atoms with Crippen molar-refractivity contribution in [3.63, 3.8) is 0 Å². The number of rotatable bonds is 5. The van der Waals surface area contributed by atoms with Crippen molar-refractivity contribution in [2.24, 2.45) is 5.92 Å². The van der Waals surface area contributed by atoms with Crippen LogP contribution >= 0.6 is 22.9 Å². The Bertz CT molecular complexity index is 756. The highest BCUT2D eigenvalue weighted by Gasteiger charge is 2.30. The topological polar surface area (TPSA) is 71.1 Å². The van der Waals surface area contributed by atoms with Crippen LogP contribution in [0.25, 0.3) is 0 Å². The largest absolute Gasteiger partial charge is 0.325 e. The summed E-state index contributed by atoms with van der Waals surface area (Å²) in [7, 11) is 0. The Hall–Kier alpha value is -1.92. The molecular formula is C16H16ClN3O2S. The van der Waals surface area contributed by atoms with Crippen molar-refractivity contribution in [2.45, 2.75) is 26.2 Å². The number of halogens is 1. The standard InChI is InChI=1S/C16H16ClN3O2S/c1-9-12(17)3-2-4-13(9)19-14(21)7-11-8-23-16(18-11)20-15(22)10-5-6-10/h2-4,8,10H,5-7H2,1H3,(H,19,21)(H,18,20,22). The number of aromatic nitrogens is 1. The summed E-state index contributed by atoms with van der Waals surface area (Å²) in [5, 5.41) is 8.56. The van der Waals surface area contributed by atoms with E-state index in [0.29, 0.717) is 21.5 Å².